The minimum Gasteiger partial charge on any atom is -0.428 e. The number of carbonyl (C=O) groups excluding carboxylic acids is 1. The molecule has 0 amide bonds. The smallest absolute Gasteiger partial charge is 0.428 e. The van der Waals surface area contributed by atoms with E-state index in [1.54, 1.807) is 13.8 Å². The topological polar surface area (TPSA) is 63.6 Å². The molecule has 0 heterocycles. The van der Waals surface area contributed by atoms with E-state index in [1.165, 1.54) is 0 Å². The summed E-state index contributed by atoms with van der Waals surface area (Å²) in [6, 6.07) is 11.5. The van der Waals surface area contributed by atoms with Crippen molar-refractivity contribution in [2.45, 2.75) is 20.8 Å². The minimum atomic E-state index is -4.44. The van der Waals surface area contributed by atoms with E-state index in [4.69, 9.17) is 0 Å². The quantitative estimate of drug-likeness (QED) is 0.634. The van der Waals surface area contributed by atoms with Crippen molar-refractivity contribution < 1.29 is 18.8 Å². The van der Waals surface area contributed by atoms with Crippen LogP contribution >= 0.6 is 7.60 Å². The molecule has 1 unspecified atom stereocenters. The van der Waals surface area contributed by atoms with Gasteiger partial charge >= 0.3 is 7.60 Å². The van der Waals surface area contributed by atoms with E-state index >= 15 is 0 Å². The van der Waals surface area contributed by atoms with Crippen molar-refractivity contribution in [2.24, 2.45) is 0 Å². The normalized spacial score (nSPS) is 13.2. The Balaban J connectivity index is 2.70. The molecule has 5 heteroatoms. The van der Waals surface area contributed by atoms with E-state index in [9.17, 15) is 14.3 Å². The number of carbonyl (C=O) groups is 1. The zero-order chi connectivity index (χ0) is 17.2. The minimum absolute atomic E-state index is 0.224. The van der Waals surface area contributed by atoms with Crippen molar-refractivity contribution in [1.82, 2.24) is 0 Å². The number of benzene rings is 2. The summed E-state index contributed by atoms with van der Waals surface area (Å²) >= 11 is 0. The maximum Gasteiger partial charge on any atom is 0.448 e. The lowest BCUT2D eigenvalue weighted by atomic mass is 9.90. The summed E-state index contributed by atoms with van der Waals surface area (Å²) < 4.78 is 16.6. The van der Waals surface area contributed by atoms with Gasteiger partial charge in [0.1, 0.15) is 0 Å². The van der Waals surface area contributed by atoms with Gasteiger partial charge in [-0.25, -0.2) is 4.57 Å². The van der Waals surface area contributed by atoms with Crippen LogP contribution in [0.1, 0.15) is 27.0 Å². The molecule has 23 heavy (non-hydrogen) atoms. The Kier molecular flexibility index (Phi) is 4.88. The van der Waals surface area contributed by atoms with Crippen LogP contribution in [0.25, 0.3) is 11.1 Å². The molecule has 1 atom stereocenters. The average molecular weight is 330 g/mol. The van der Waals surface area contributed by atoms with Gasteiger partial charge in [-0.05, 0) is 48.6 Å². The largest absolute Gasteiger partial charge is 0.448 e. The van der Waals surface area contributed by atoms with E-state index in [1.807, 2.05) is 43.3 Å². The highest BCUT2D eigenvalue weighted by Crippen LogP contribution is 2.48. The summed E-state index contributed by atoms with van der Waals surface area (Å²) in [7, 11) is -4.44. The van der Waals surface area contributed by atoms with Gasteiger partial charge in [-0.1, -0.05) is 43.0 Å². The lowest BCUT2D eigenvalue weighted by Gasteiger charge is -2.18. The van der Waals surface area contributed by atoms with Crippen LogP contribution < -0.4 is 0 Å². The van der Waals surface area contributed by atoms with Crippen LogP contribution in [0.5, 0.6) is 0 Å². The van der Waals surface area contributed by atoms with E-state index in [2.05, 4.69) is 11.1 Å². The molecule has 2 aromatic carbocycles. The van der Waals surface area contributed by atoms with Crippen molar-refractivity contribution in [2.75, 3.05) is 0 Å². The standard InChI is InChI=1S/C18H19O4P/c1-5-22-23(20,21)18(19)17-13(3)11-12(2)16(14(17)4)15-9-7-6-8-10-15/h5-11H,1H2,2-4H3,(H,20,21). The summed E-state index contributed by atoms with van der Waals surface area (Å²) in [6.45, 7) is 8.72. The lowest BCUT2D eigenvalue weighted by molar-refractivity contribution is 0.103. The predicted molar refractivity (Wildman–Crippen MR) is 91.5 cm³/mol. The van der Waals surface area contributed by atoms with Gasteiger partial charge in [0.05, 0.1) is 6.26 Å². The Morgan fingerprint density at radius 1 is 1.17 bits per heavy atom. The van der Waals surface area contributed by atoms with Crippen LogP contribution in [0.15, 0.2) is 49.2 Å². The summed E-state index contributed by atoms with van der Waals surface area (Å²) in [5.41, 5.74) is 3.46. The van der Waals surface area contributed by atoms with Gasteiger partial charge in [-0.3, -0.25) is 4.79 Å². The molecule has 0 aliphatic carbocycles. The second kappa shape index (κ2) is 6.53. The van der Waals surface area contributed by atoms with Crippen molar-refractivity contribution in [3.05, 3.63) is 71.5 Å². The molecular formula is C18H19O4P. The molecular weight excluding hydrogens is 311 g/mol. The summed E-state index contributed by atoms with van der Waals surface area (Å²) in [4.78, 5) is 22.3. The lowest BCUT2D eigenvalue weighted by Crippen LogP contribution is -2.08. The SMILES string of the molecule is C=COP(=O)(O)C(=O)c1c(C)cc(C)c(-c2ccccc2)c1C. The number of aryl methyl sites for hydroxylation is 2. The monoisotopic (exact) mass is 330 g/mol. The number of hydrogen-bond acceptors (Lipinski definition) is 3. The van der Waals surface area contributed by atoms with Crippen LogP contribution in [-0.2, 0) is 9.09 Å². The molecule has 0 saturated carbocycles. The molecule has 0 saturated heterocycles. The summed E-state index contributed by atoms with van der Waals surface area (Å²) in [5.74, 6) is 0. The second-order valence-corrected chi connectivity index (χ2v) is 7.01. The molecule has 0 radical (unpaired) electrons. The fourth-order valence-corrected chi connectivity index (χ4v) is 3.78. The Bertz CT molecular complexity index is 810. The second-order valence-electron chi connectivity index (χ2n) is 5.35. The van der Waals surface area contributed by atoms with Crippen LogP contribution in [0, 0.1) is 20.8 Å². The van der Waals surface area contributed by atoms with Crippen molar-refractivity contribution in [3.8, 4) is 11.1 Å². The first kappa shape index (κ1) is 17.2. The van der Waals surface area contributed by atoms with Crippen LogP contribution in [0.2, 0.25) is 0 Å². The van der Waals surface area contributed by atoms with Crippen LogP contribution in [-0.4, -0.2) is 10.4 Å². The Morgan fingerprint density at radius 2 is 1.78 bits per heavy atom. The van der Waals surface area contributed by atoms with Crippen molar-refractivity contribution in [1.29, 1.82) is 0 Å². The van der Waals surface area contributed by atoms with Gasteiger partial charge < -0.3 is 9.42 Å². The van der Waals surface area contributed by atoms with E-state index in [0.717, 1.165) is 23.0 Å². The summed E-state index contributed by atoms with van der Waals surface area (Å²) in [5, 5.41) is 0. The Morgan fingerprint density at radius 3 is 2.35 bits per heavy atom. The maximum absolute atomic E-state index is 12.5. The van der Waals surface area contributed by atoms with Crippen LogP contribution in [0.3, 0.4) is 0 Å². The fourth-order valence-electron chi connectivity index (χ4n) is 2.85. The third-order valence-corrected chi connectivity index (χ3v) is 4.89. The molecule has 0 aliphatic heterocycles. The molecule has 0 fully saturated rings. The first-order valence-electron chi connectivity index (χ1n) is 7.12. The first-order valence-corrected chi connectivity index (χ1v) is 8.70. The number of rotatable bonds is 5. The molecule has 0 spiro atoms. The summed E-state index contributed by atoms with van der Waals surface area (Å²) in [6.07, 6.45) is 0.815. The molecule has 0 aliphatic rings. The average Bonchev–Trinajstić information content (AvgIpc) is 2.47. The molecule has 0 aromatic heterocycles. The predicted octanol–water partition coefficient (Wildman–Crippen LogP) is 4.76. The van der Waals surface area contributed by atoms with Gasteiger partial charge in [0, 0.05) is 5.56 Å². The van der Waals surface area contributed by atoms with Gasteiger partial charge in [-0.15, -0.1) is 0 Å². The van der Waals surface area contributed by atoms with Crippen molar-refractivity contribution in [3.63, 3.8) is 0 Å². The number of hydrogen-bond donors (Lipinski definition) is 1. The Labute approximate surface area is 136 Å². The molecule has 4 nitrogen and oxygen atoms in total. The van der Waals surface area contributed by atoms with Gasteiger partial charge in [0.2, 0.25) is 0 Å². The first-order chi connectivity index (χ1) is 10.8. The zero-order valence-corrected chi connectivity index (χ0v) is 14.3. The van der Waals surface area contributed by atoms with E-state index in [0.29, 0.717) is 11.1 Å². The van der Waals surface area contributed by atoms with Gasteiger partial charge in [0.25, 0.3) is 5.52 Å². The van der Waals surface area contributed by atoms with Gasteiger partial charge in [0.15, 0.2) is 0 Å². The van der Waals surface area contributed by atoms with Crippen LogP contribution in [0.4, 0.5) is 0 Å². The highest BCUT2D eigenvalue weighted by molar-refractivity contribution is 7.71. The van der Waals surface area contributed by atoms with E-state index in [-0.39, 0.29) is 5.56 Å². The maximum atomic E-state index is 12.5. The molecule has 1 N–H and O–H groups in total. The zero-order valence-electron chi connectivity index (χ0n) is 13.4. The third-order valence-electron chi connectivity index (χ3n) is 3.72. The highest BCUT2D eigenvalue weighted by Gasteiger charge is 2.35. The fraction of sp³-hybridized carbons (Fsp3) is 0.167. The van der Waals surface area contributed by atoms with Gasteiger partial charge in [-0.2, -0.15) is 0 Å². The Hall–Kier alpha value is -2.16. The third kappa shape index (κ3) is 3.29. The van der Waals surface area contributed by atoms with Crippen molar-refractivity contribution >= 4 is 13.1 Å². The molecule has 120 valence electrons. The molecule has 0 bridgehead atoms. The molecule has 2 rings (SSSR count). The highest BCUT2D eigenvalue weighted by atomic mass is 31.2. The molecule has 2 aromatic rings. The van der Waals surface area contributed by atoms with E-state index < -0.39 is 13.1 Å².